The molecule has 2 aliphatic heterocycles. The molecule has 0 spiro atoms. The third kappa shape index (κ3) is 12.8. The Labute approximate surface area is 426 Å². The number of para-hydroxylation sites is 1. The van der Waals surface area contributed by atoms with Crippen LogP contribution in [0.2, 0.25) is 0 Å². The predicted octanol–water partition coefficient (Wildman–Crippen LogP) is 7.30. The zero-order chi connectivity index (χ0) is 50.0. The van der Waals surface area contributed by atoms with Crippen molar-refractivity contribution >= 4 is 63.3 Å². The summed E-state index contributed by atoms with van der Waals surface area (Å²) in [5.41, 5.74) is 9.15. The van der Waals surface area contributed by atoms with Gasteiger partial charge in [0.1, 0.15) is 11.6 Å². The number of likely N-dealkylation sites (tertiary alicyclic amines) is 1. The van der Waals surface area contributed by atoms with Crippen LogP contribution in [0.15, 0.2) is 90.6 Å². The number of nitrogens with zero attached hydrogens (tertiary/aromatic N) is 8. The number of amides is 2. The first-order chi connectivity index (χ1) is 35.0. The fourth-order valence-corrected chi connectivity index (χ4v) is 10.8. The van der Waals surface area contributed by atoms with Gasteiger partial charge in [0.25, 0.3) is 0 Å². The van der Waals surface area contributed by atoms with Crippen LogP contribution in [0.4, 0.5) is 29.0 Å². The molecule has 72 heavy (non-hydrogen) atoms. The molecule has 3 aromatic heterocycles. The van der Waals surface area contributed by atoms with Crippen LogP contribution in [0.25, 0.3) is 21.6 Å². The quantitative estimate of drug-likeness (QED) is 0.0453. The van der Waals surface area contributed by atoms with E-state index in [2.05, 4.69) is 69.9 Å². The van der Waals surface area contributed by atoms with Crippen LogP contribution in [0.3, 0.4) is 0 Å². The number of imidazole rings is 1. The van der Waals surface area contributed by atoms with Crippen molar-refractivity contribution in [3.63, 3.8) is 0 Å². The number of thiazole rings is 1. The number of nitrogens with one attached hydrogen (secondary N) is 4. The molecule has 18 heteroatoms. The third-order valence-corrected chi connectivity index (χ3v) is 14.9. The SMILES string of the molecule is Cc1ncsc1-c1ccc(CNC(=O)[C@@H]2C[C@@H](O)CN2C(=O)[C@@H](NCCOCCOCCN2CCN(c3ccc(Nc4ncc5nc(Nc6ccccc6)n(C6CCCC6)c5n4)cc3)CC2)C(C)(C)C)cc1. The molecule has 0 radical (unpaired) electrons. The van der Waals surface area contributed by atoms with Crippen LogP contribution in [0, 0.1) is 12.3 Å². The molecule has 9 rings (SSSR count). The van der Waals surface area contributed by atoms with E-state index in [4.69, 9.17) is 19.4 Å². The Bertz CT molecular complexity index is 2700. The molecule has 5 N–H and O–H groups in total. The number of ether oxygens (including phenoxy) is 2. The molecule has 17 nitrogen and oxygen atoms in total. The number of carbonyl (C=O) groups excluding carboxylic acids is 2. The number of fused-ring (bicyclic) bond motifs is 1. The van der Waals surface area contributed by atoms with Gasteiger partial charge in [-0.1, -0.05) is 76.1 Å². The number of aryl methyl sites for hydroxylation is 1. The van der Waals surface area contributed by atoms with E-state index in [-0.39, 0.29) is 24.8 Å². The van der Waals surface area contributed by atoms with Gasteiger partial charge in [0.2, 0.25) is 23.7 Å². The Kier molecular flexibility index (Phi) is 16.7. The van der Waals surface area contributed by atoms with Gasteiger partial charge in [-0.3, -0.25) is 19.1 Å². The van der Waals surface area contributed by atoms with Crippen molar-refractivity contribution < 1.29 is 24.2 Å². The second-order valence-electron chi connectivity index (χ2n) is 20.2. The number of anilines is 5. The van der Waals surface area contributed by atoms with Gasteiger partial charge in [0.15, 0.2) is 5.65 Å². The molecule has 0 bridgehead atoms. The van der Waals surface area contributed by atoms with E-state index in [1.54, 1.807) is 11.3 Å². The molecule has 6 aromatic rings. The Balaban J connectivity index is 0.658. The molecule has 0 unspecified atom stereocenters. The number of piperazine rings is 1. The summed E-state index contributed by atoms with van der Waals surface area (Å²) in [6, 6.07) is 25.7. The highest BCUT2D eigenvalue weighted by Crippen LogP contribution is 2.36. The number of aliphatic hydroxyl groups excluding tert-OH is 1. The predicted molar refractivity (Wildman–Crippen MR) is 284 cm³/mol. The van der Waals surface area contributed by atoms with Crippen molar-refractivity contribution in [2.45, 2.75) is 90.6 Å². The highest BCUT2D eigenvalue weighted by atomic mass is 32.1. The Morgan fingerprint density at radius 1 is 0.847 bits per heavy atom. The summed E-state index contributed by atoms with van der Waals surface area (Å²) in [6.45, 7) is 15.5. The van der Waals surface area contributed by atoms with Crippen molar-refractivity contribution in [1.29, 1.82) is 0 Å². The summed E-state index contributed by atoms with van der Waals surface area (Å²) in [4.78, 5) is 53.9. The molecule has 3 atom stereocenters. The first kappa shape index (κ1) is 50.9. The number of carbonyl (C=O) groups is 2. The van der Waals surface area contributed by atoms with Gasteiger partial charge >= 0.3 is 0 Å². The minimum absolute atomic E-state index is 0.115. The Morgan fingerprint density at radius 2 is 1.57 bits per heavy atom. The fraction of sp³-hybridized carbons (Fsp3) is 0.481. The number of rotatable bonds is 21. The van der Waals surface area contributed by atoms with Gasteiger partial charge in [-0.2, -0.15) is 4.98 Å². The highest BCUT2D eigenvalue weighted by Gasteiger charge is 2.43. The van der Waals surface area contributed by atoms with E-state index in [1.807, 2.05) is 94.0 Å². The summed E-state index contributed by atoms with van der Waals surface area (Å²) >= 11 is 1.60. The van der Waals surface area contributed by atoms with Gasteiger partial charge < -0.3 is 45.6 Å². The van der Waals surface area contributed by atoms with Crippen molar-refractivity contribution in [2.75, 3.05) is 87.8 Å². The lowest BCUT2D eigenvalue weighted by Gasteiger charge is -2.36. The molecule has 1 aliphatic carbocycles. The first-order valence-corrected chi connectivity index (χ1v) is 26.4. The maximum absolute atomic E-state index is 14.0. The van der Waals surface area contributed by atoms with Crippen molar-refractivity contribution in [3.8, 4) is 10.4 Å². The van der Waals surface area contributed by atoms with Gasteiger partial charge in [-0.15, -0.1) is 11.3 Å². The third-order valence-electron chi connectivity index (χ3n) is 13.9. The summed E-state index contributed by atoms with van der Waals surface area (Å²) in [7, 11) is 0. The monoisotopic (exact) mass is 999 g/mol. The average molecular weight is 999 g/mol. The Hall–Kier alpha value is -6.02. The lowest BCUT2D eigenvalue weighted by Crippen LogP contribution is -2.57. The van der Waals surface area contributed by atoms with E-state index in [1.165, 1.54) is 23.4 Å². The highest BCUT2D eigenvalue weighted by molar-refractivity contribution is 7.13. The maximum atomic E-state index is 14.0. The van der Waals surface area contributed by atoms with Crippen molar-refractivity contribution in [1.82, 2.24) is 44.9 Å². The Morgan fingerprint density at radius 3 is 2.28 bits per heavy atom. The standard InChI is InChI=1S/C54H70N12O5S/c1-37-47(72-36-58-37)39-16-14-38(15-17-39)33-56-50(68)46-32-44(67)35-65(46)51(69)48(54(2,3)4)55-22-28-70-30-31-71-29-27-63-23-25-64(26-24-63)42-20-18-41(19-21-42)59-52-57-34-45-49(62-52)66(43-12-8-9-13-43)53(61-45)60-40-10-6-5-7-11-40/h5-7,10-11,14-21,34,36,43-44,46,48,55,67H,8-9,12-13,22-33,35H2,1-4H3,(H,56,68)(H,60,61)(H,57,59,62)/t44-,46+,48-/m1/s1. The normalized spacial score (nSPS) is 18.2. The number of β-amino-alcohol motifs (C(OH)–C–C–N with tert-alkyl or cyclic N) is 1. The molecule has 1 saturated carbocycles. The van der Waals surface area contributed by atoms with Crippen LogP contribution in [-0.4, -0.2) is 142 Å². The number of aliphatic hydroxyl groups is 1. The summed E-state index contributed by atoms with van der Waals surface area (Å²) in [6.07, 6.45) is 5.88. The number of hydrogen-bond acceptors (Lipinski definition) is 15. The van der Waals surface area contributed by atoms with Crippen LogP contribution in [0.1, 0.15) is 70.2 Å². The van der Waals surface area contributed by atoms with Gasteiger partial charge in [-0.05, 0) is 72.7 Å². The van der Waals surface area contributed by atoms with Crippen molar-refractivity contribution in [2.24, 2.45) is 5.41 Å². The molecule has 2 saturated heterocycles. The fourth-order valence-electron chi connectivity index (χ4n) is 10.00. The number of hydrogen-bond donors (Lipinski definition) is 5. The minimum Gasteiger partial charge on any atom is -0.391 e. The van der Waals surface area contributed by atoms with E-state index < -0.39 is 23.6 Å². The lowest BCUT2D eigenvalue weighted by molar-refractivity contribution is -0.142. The number of aromatic nitrogens is 5. The molecule has 2 amide bonds. The van der Waals surface area contributed by atoms with Gasteiger partial charge in [0.05, 0.1) is 60.9 Å². The van der Waals surface area contributed by atoms with E-state index in [0.29, 0.717) is 51.5 Å². The first-order valence-electron chi connectivity index (χ1n) is 25.5. The van der Waals surface area contributed by atoms with Crippen LogP contribution < -0.4 is 26.2 Å². The lowest BCUT2D eigenvalue weighted by atomic mass is 9.85. The second-order valence-corrected chi connectivity index (χ2v) is 21.0. The zero-order valence-corrected chi connectivity index (χ0v) is 42.9. The summed E-state index contributed by atoms with van der Waals surface area (Å²) in [5, 5.41) is 23.9. The molecule has 5 heterocycles. The van der Waals surface area contributed by atoms with Crippen LogP contribution in [0.5, 0.6) is 0 Å². The van der Waals surface area contributed by atoms with Crippen LogP contribution >= 0.6 is 11.3 Å². The van der Waals surface area contributed by atoms with E-state index in [0.717, 1.165) is 95.8 Å². The maximum Gasteiger partial charge on any atom is 0.243 e. The molecule has 3 fully saturated rings. The topological polar surface area (TPSA) is 187 Å². The smallest absolute Gasteiger partial charge is 0.243 e. The number of benzene rings is 3. The van der Waals surface area contributed by atoms with E-state index >= 15 is 0 Å². The van der Waals surface area contributed by atoms with Gasteiger partial charge in [-0.25, -0.2) is 15.0 Å². The minimum atomic E-state index is -0.769. The average Bonchev–Trinajstić information content (AvgIpc) is 4.22. The molecule has 3 aromatic carbocycles. The van der Waals surface area contributed by atoms with E-state index in [9.17, 15) is 14.7 Å². The molecular formula is C54H70N12O5S. The summed E-state index contributed by atoms with van der Waals surface area (Å²) in [5.74, 6) is 0.883. The van der Waals surface area contributed by atoms with Crippen LogP contribution in [-0.2, 0) is 25.6 Å². The molecule has 382 valence electrons. The zero-order valence-electron chi connectivity index (χ0n) is 42.1. The van der Waals surface area contributed by atoms with Gasteiger partial charge in [0, 0.05) is 81.9 Å². The van der Waals surface area contributed by atoms with Crippen molar-refractivity contribution in [3.05, 3.63) is 102 Å². The largest absolute Gasteiger partial charge is 0.391 e. The second kappa shape index (κ2) is 23.7. The molecular weight excluding hydrogens is 929 g/mol. The molecule has 3 aliphatic rings. The summed E-state index contributed by atoms with van der Waals surface area (Å²) < 4.78 is 14.1.